The Labute approximate surface area is 121 Å². The molecule has 110 valence electrons. The molecule has 0 unspecified atom stereocenters. The lowest BCUT2D eigenvalue weighted by Gasteiger charge is -2.06. The Kier molecular flexibility index (Phi) is 4.71. The summed E-state index contributed by atoms with van der Waals surface area (Å²) in [5, 5.41) is 4.80. The molecule has 1 aromatic heterocycles. The van der Waals surface area contributed by atoms with Gasteiger partial charge in [-0.25, -0.2) is 4.39 Å². The average Bonchev–Trinajstić information content (AvgIpc) is 2.96. The van der Waals surface area contributed by atoms with Crippen LogP contribution in [-0.2, 0) is 16.0 Å². The highest BCUT2D eigenvalue weighted by Crippen LogP contribution is 2.13. The van der Waals surface area contributed by atoms with Crippen molar-refractivity contribution >= 4 is 17.5 Å². The third-order valence-electron chi connectivity index (χ3n) is 2.87. The maximum Gasteiger partial charge on any atom is 0.313 e. The molecule has 0 fully saturated rings. The number of hydrogen-bond acceptors (Lipinski definition) is 3. The molecule has 0 spiro atoms. The summed E-state index contributed by atoms with van der Waals surface area (Å²) in [6.45, 7) is 1.89. The zero-order chi connectivity index (χ0) is 15.2. The molecule has 0 aliphatic carbocycles. The maximum absolute atomic E-state index is 13.3. The van der Waals surface area contributed by atoms with Crippen molar-refractivity contribution in [2.24, 2.45) is 0 Å². The Balaban J connectivity index is 1.81. The lowest BCUT2D eigenvalue weighted by molar-refractivity contribution is -0.136. The molecule has 21 heavy (non-hydrogen) atoms. The average molecular weight is 290 g/mol. The van der Waals surface area contributed by atoms with Crippen molar-refractivity contribution in [1.29, 1.82) is 0 Å². The lowest BCUT2D eigenvalue weighted by atomic mass is 10.2. The first-order valence-corrected chi connectivity index (χ1v) is 6.44. The molecule has 1 aromatic carbocycles. The zero-order valence-electron chi connectivity index (χ0n) is 11.5. The molecular formula is C15H15FN2O3. The Morgan fingerprint density at radius 1 is 1.24 bits per heavy atom. The molecule has 0 aliphatic rings. The third-order valence-corrected chi connectivity index (χ3v) is 2.87. The minimum absolute atomic E-state index is 0.240. The van der Waals surface area contributed by atoms with Crippen molar-refractivity contribution in [1.82, 2.24) is 5.32 Å². The van der Waals surface area contributed by atoms with Crippen molar-refractivity contribution in [2.75, 3.05) is 11.9 Å². The van der Waals surface area contributed by atoms with Gasteiger partial charge in [-0.05, 0) is 36.8 Å². The highest BCUT2D eigenvalue weighted by molar-refractivity contribution is 6.39. The van der Waals surface area contributed by atoms with E-state index in [0.29, 0.717) is 12.0 Å². The van der Waals surface area contributed by atoms with Gasteiger partial charge in [0.1, 0.15) is 11.6 Å². The summed E-state index contributed by atoms with van der Waals surface area (Å²) >= 11 is 0. The Morgan fingerprint density at radius 2 is 2.05 bits per heavy atom. The van der Waals surface area contributed by atoms with E-state index in [-0.39, 0.29) is 12.2 Å². The van der Waals surface area contributed by atoms with E-state index < -0.39 is 17.6 Å². The smallest absolute Gasteiger partial charge is 0.313 e. The van der Waals surface area contributed by atoms with E-state index in [2.05, 4.69) is 10.6 Å². The summed E-state index contributed by atoms with van der Waals surface area (Å²) in [6, 6.07) is 7.76. The molecule has 6 heteroatoms. The van der Waals surface area contributed by atoms with Gasteiger partial charge < -0.3 is 15.1 Å². The largest absolute Gasteiger partial charge is 0.469 e. The number of benzene rings is 1. The monoisotopic (exact) mass is 290 g/mol. The van der Waals surface area contributed by atoms with Gasteiger partial charge >= 0.3 is 11.8 Å². The number of carbonyl (C=O) groups excluding carboxylic acids is 2. The summed E-state index contributed by atoms with van der Waals surface area (Å²) in [5.74, 6) is -1.33. The fourth-order valence-electron chi connectivity index (χ4n) is 1.69. The third kappa shape index (κ3) is 4.17. The summed E-state index contributed by atoms with van der Waals surface area (Å²) in [4.78, 5) is 23.2. The number of amides is 2. The Bertz CT molecular complexity index is 638. The summed E-state index contributed by atoms with van der Waals surface area (Å²) < 4.78 is 18.4. The molecular weight excluding hydrogens is 275 g/mol. The van der Waals surface area contributed by atoms with Crippen molar-refractivity contribution < 1.29 is 18.4 Å². The van der Waals surface area contributed by atoms with E-state index >= 15 is 0 Å². The Hall–Kier alpha value is -2.63. The summed E-state index contributed by atoms with van der Waals surface area (Å²) in [5.41, 5.74) is 0.709. The van der Waals surface area contributed by atoms with Crippen molar-refractivity contribution in [2.45, 2.75) is 13.3 Å². The number of carbonyl (C=O) groups is 2. The fourth-order valence-corrected chi connectivity index (χ4v) is 1.69. The first-order chi connectivity index (χ1) is 10.1. The normalized spacial score (nSPS) is 10.2. The van der Waals surface area contributed by atoms with Crippen molar-refractivity contribution in [3.05, 3.63) is 53.7 Å². The van der Waals surface area contributed by atoms with Crippen LogP contribution in [0.4, 0.5) is 10.1 Å². The molecule has 0 saturated carbocycles. The van der Waals surface area contributed by atoms with Gasteiger partial charge in [-0.15, -0.1) is 0 Å². The lowest BCUT2D eigenvalue weighted by Crippen LogP contribution is -2.36. The molecule has 1 heterocycles. The molecule has 0 radical (unpaired) electrons. The van der Waals surface area contributed by atoms with Crippen LogP contribution < -0.4 is 10.6 Å². The second-order valence-electron chi connectivity index (χ2n) is 4.50. The number of rotatable bonds is 4. The Morgan fingerprint density at radius 3 is 2.71 bits per heavy atom. The van der Waals surface area contributed by atoms with E-state index in [1.807, 2.05) is 0 Å². The molecule has 0 aliphatic heterocycles. The maximum atomic E-state index is 13.3. The number of hydrogen-bond donors (Lipinski definition) is 2. The summed E-state index contributed by atoms with van der Waals surface area (Å²) in [7, 11) is 0. The number of nitrogens with one attached hydrogen (secondary N) is 2. The van der Waals surface area contributed by atoms with Gasteiger partial charge in [-0.1, -0.05) is 6.07 Å². The van der Waals surface area contributed by atoms with Crippen molar-refractivity contribution in [3.63, 3.8) is 0 Å². The van der Waals surface area contributed by atoms with Crippen LogP contribution in [-0.4, -0.2) is 18.4 Å². The van der Waals surface area contributed by atoms with Gasteiger partial charge in [0, 0.05) is 18.7 Å². The first kappa shape index (κ1) is 14.8. The number of furan rings is 1. The van der Waals surface area contributed by atoms with Crippen LogP contribution in [0.1, 0.15) is 11.3 Å². The molecule has 2 N–H and O–H groups in total. The molecule has 5 nitrogen and oxygen atoms in total. The predicted molar refractivity (Wildman–Crippen MR) is 75.2 cm³/mol. The van der Waals surface area contributed by atoms with Gasteiger partial charge in [0.05, 0.1) is 6.26 Å². The summed E-state index contributed by atoms with van der Waals surface area (Å²) in [6.07, 6.45) is 2.03. The first-order valence-electron chi connectivity index (χ1n) is 6.44. The van der Waals surface area contributed by atoms with E-state index in [1.165, 1.54) is 24.5 Å². The minimum atomic E-state index is -0.835. The fraction of sp³-hybridized carbons (Fsp3) is 0.200. The van der Waals surface area contributed by atoms with Crippen LogP contribution in [0.25, 0.3) is 0 Å². The van der Waals surface area contributed by atoms with E-state index in [1.54, 1.807) is 19.1 Å². The number of halogens is 1. The van der Waals surface area contributed by atoms with Gasteiger partial charge in [0.25, 0.3) is 0 Å². The van der Waals surface area contributed by atoms with Crippen LogP contribution >= 0.6 is 0 Å². The van der Waals surface area contributed by atoms with Crippen LogP contribution in [0.2, 0.25) is 0 Å². The van der Waals surface area contributed by atoms with Gasteiger partial charge in [-0.3, -0.25) is 9.59 Å². The molecule has 2 amide bonds. The van der Waals surface area contributed by atoms with Crippen LogP contribution in [0.5, 0.6) is 0 Å². The zero-order valence-corrected chi connectivity index (χ0v) is 11.5. The number of anilines is 1. The van der Waals surface area contributed by atoms with Crippen molar-refractivity contribution in [3.8, 4) is 0 Å². The SMILES string of the molecule is Cc1ccc(NC(=O)C(=O)NCCc2ccco2)cc1F. The molecule has 0 saturated heterocycles. The predicted octanol–water partition coefficient (Wildman–Crippen LogP) is 2.02. The molecule has 2 rings (SSSR count). The molecule has 0 atom stereocenters. The van der Waals surface area contributed by atoms with Gasteiger partial charge in [-0.2, -0.15) is 0 Å². The van der Waals surface area contributed by atoms with Crippen LogP contribution in [0.3, 0.4) is 0 Å². The topological polar surface area (TPSA) is 71.3 Å². The number of aryl methyl sites for hydroxylation is 1. The molecule has 2 aromatic rings. The standard InChI is InChI=1S/C15H15FN2O3/c1-10-4-5-11(9-13(10)16)18-15(20)14(19)17-7-6-12-3-2-8-21-12/h2-5,8-9H,6-7H2,1H3,(H,17,19)(H,18,20). The van der Waals surface area contributed by atoms with Gasteiger partial charge in [0.2, 0.25) is 0 Å². The highest BCUT2D eigenvalue weighted by atomic mass is 19.1. The van der Waals surface area contributed by atoms with Crippen LogP contribution in [0.15, 0.2) is 41.0 Å². The second kappa shape index (κ2) is 6.69. The van der Waals surface area contributed by atoms with Gasteiger partial charge in [0.15, 0.2) is 0 Å². The molecule has 0 bridgehead atoms. The van der Waals surface area contributed by atoms with E-state index in [0.717, 1.165) is 5.76 Å². The minimum Gasteiger partial charge on any atom is -0.469 e. The van der Waals surface area contributed by atoms with E-state index in [9.17, 15) is 14.0 Å². The quantitative estimate of drug-likeness (QED) is 0.846. The van der Waals surface area contributed by atoms with Crippen LogP contribution in [0, 0.1) is 12.7 Å². The second-order valence-corrected chi connectivity index (χ2v) is 4.50. The van der Waals surface area contributed by atoms with E-state index in [4.69, 9.17) is 4.42 Å². The highest BCUT2D eigenvalue weighted by Gasteiger charge is 2.13.